The number of para-hydroxylation sites is 1. The highest BCUT2D eigenvalue weighted by molar-refractivity contribution is 5.92. The SMILES string of the molecule is CC(C)(C)C(=O)COC(=O)c1ccc(Oc2ccccc2)cc1. The zero-order valence-corrected chi connectivity index (χ0v) is 13.5. The highest BCUT2D eigenvalue weighted by Gasteiger charge is 2.22. The molecule has 4 nitrogen and oxygen atoms in total. The van der Waals surface area contributed by atoms with Gasteiger partial charge in [0, 0.05) is 5.41 Å². The molecule has 0 spiro atoms. The molecule has 0 radical (unpaired) electrons. The van der Waals surface area contributed by atoms with Crippen molar-refractivity contribution in [1.29, 1.82) is 0 Å². The van der Waals surface area contributed by atoms with Crippen LogP contribution in [-0.2, 0) is 9.53 Å². The zero-order chi connectivity index (χ0) is 16.9. The molecule has 0 aliphatic rings. The molecule has 0 aliphatic heterocycles. The first-order valence-corrected chi connectivity index (χ1v) is 7.39. The van der Waals surface area contributed by atoms with Crippen molar-refractivity contribution in [3.63, 3.8) is 0 Å². The molecule has 0 fully saturated rings. The predicted octanol–water partition coefficient (Wildman–Crippen LogP) is 4.25. The lowest BCUT2D eigenvalue weighted by Crippen LogP contribution is -2.26. The molecule has 0 saturated carbocycles. The van der Waals surface area contributed by atoms with Gasteiger partial charge >= 0.3 is 5.97 Å². The summed E-state index contributed by atoms with van der Waals surface area (Å²) in [4.78, 5) is 23.7. The third kappa shape index (κ3) is 4.95. The summed E-state index contributed by atoms with van der Waals surface area (Å²) in [6, 6.07) is 16.0. The molecule has 4 heteroatoms. The van der Waals surface area contributed by atoms with E-state index in [0.29, 0.717) is 11.3 Å². The van der Waals surface area contributed by atoms with Crippen molar-refractivity contribution in [2.45, 2.75) is 20.8 Å². The van der Waals surface area contributed by atoms with Gasteiger partial charge < -0.3 is 9.47 Å². The summed E-state index contributed by atoms with van der Waals surface area (Å²) in [6.07, 6.45) is 0. The fourth-order valence-electron chi connectivity index (χ4n) is 1.71. The van der Waals surface area contributed by atoms with Gasteiger partial charge in [-0.05, 0) is 36.4 Å². The Balaban J connectivity index is 1.94. The molecule has 2 aromatic rings. The van der Waals surface area contributed by atoms with Gasteiger partial charge in [-0.3, -0.25) is 4.79 Å². The van der Waals surface area contributed by atoms with Crippen LogP contribution in [0.2, 0.25) is 0 Å². The number of ether oxygens (including phenoxy) is 2. The number of benzene rings is 2. The van der Waals surface area contributed by atoms with Gasteiger partial charge in [-0.1, -0.05) is 39.0 Å². The Hall–Kier alpha value is -2.62. The molecule has 0 bridgehead atoms. The lowest BCUT2D eigenvalue weighted by Gasteiger charge is -2.16. The Morgan fingerprint density at radius 3 is 2.00 bits per heavy atom. The number of rotatable bonds is 5. The number of ketones is 1. The lowest BCUT2D eigenvalue weighted by atomic mass is 9.91. The molecular formula is C19H20O4. The molecule has 2 aromatic carbocycles. The second-order valence-electron chi connectivity index (χ2n) is 6.19. The van der Waals surface area contributed by atoms with Gasteiger partial charge in [-0.2, -0.15) is 0 Å². The monoisotopic (exact) mass is 312 g/mol. The van der Waals surface area contributed by atoms with Gasteiger partial charge in [0.25, 0.3) is 0 Å². The van der Waals surface area contributed by atoms with E-state index in [1.165, 1.54) is 0 Å². The average molecular weight is 312 g/mol. The van der Waals surface area contributed by atoms with E-state index >= 15 is 0 Å². The molecule has 0 atom stereocenters. The summed E-state index contributed by atoms with van der Waals surface area (Å²) in [5.74, 6) is 0.709. The van der Waals surface area contributed by atoms with E-state index in [1.807, 2.05) is 30.3 Å². The number of esters is 1. The van der Waals surface area contributed by atoms with Crippen molar-refractivity contribution in [3.05, 3.63) is 60.2 Å². The van der Waals surface area contributed by atoms with E-state index in [-0.39, 0.29) is 12.4 Å². The topological polar surface area (TPSA) is 52.6 Å². The smallest absolute Gasteiger partial charge is 0.338 e. The molecule has 23 heavy (non-hydrogen) atoms. The molecule has 120 valence electrons. The molecular weight excluding hydrogens is 292 g/mol. The first-order chi connectivity index (χ1) is 10.9. The normalized spacial score (nSPS) is 10.9. The van der Waals surface area contributed by atoms with E-state index in [1.54, 1.807) is 45.0 Å². The Morgan fingerprint density at radius 2 is 1.43 bits per heavy atom. The molecule has 0 N–H and O–H groups in total. The van der Waals surface area contributed by atoms with E-state index in [0.717, 1.165) is 5.75 Å². The van der Waals surface area contributed by atoms with Crippen LogP contribution in [0, 0.1) is 5.41 Å². The third-order valence-electron chi connectivity index (χ3n) is 3.24. The molecule has 2 rings (SSSR count). The number of carbonyl (C=O) groups excluding carboxylic acids is 2. The van der Waals surface area contributed by atoms with Gasteiger partial charge in [-0.15, -0.1) is 0 Å². The number of carbonyl (C=O) groups is 2. The van der Waals surface area contributed by atoms with Crippen LogP contribution in [-0.4, -0.2) is 18.4 Å². The first-order valence-electron chi connectivity index (χ1n) is 7.39. The van der Waals surface area contributed by atoms with Crippen molar-refractivity contribution in [1.82, 2.24) is 0 Å². The minimum atomic E-state index is -0.520. The van der Waals surface area contributed by atoms with E-state index in [9.17, 15) is 9.59 Å². The minimum absolute atomic E-state index is 0.116. The minimum Gasteiger partial charge on any atom is -0.457 e. The Morgan fingerprint density at radius 1 is 0.870 bits per heavy atom. The van der Waals surface area contributed by atoms with Crippen LogP contribution in [0.5, 0.6) is 11.5 Å². The first kappa shape index (κ1) is 16.7. The Labute approximate surface area is 136 Å². The number of hydrogen-bond donors (Lipinski definition) is 0. The molecule has 0 amide bonds. The van der Waals surface area contributed by atoms with Crippen LogP contribution in [0.25, 0.3) is 0 Å². The maximum atomic E-state index is 11.9. The number of Topliss-reactive ketones (excluding diaryl/α,β-unsaturated/α-hetero) is 1. The van der Waals surface area contributed by atoms with Crippen LogP contribution in [0.4, 0.5) is 0 Å². The standard InChI is InChI=1S/C19H20O4/c1-19(2,3)17(20)13-22-18(21)14-9-11-16(12-10-14)23-15-7-5-4-6-8-15/h4-12H,13H2,1-3H3. The molecule has 0 unspecified atom stereocenters. The molecule has 0 saturated heterocycles. The second kappa shape index (κ2) is 7.09. The van der Waals surface area contributed by atoms with Crippen molar-refractivity contribution in [3.8, 4) is 11.5 Å². The summed E-state index contributed by atoms with van der Waals surface area (Å²) in [6.45, 7) is 5.15. The number of hydrogen-bond acceptors (Lipinski definition) is 4. The highest BCUT2D eigenvalue weighted by atomic mass is 16.5. The average Bonchev–Trinajstić information content (AvgIpc) is 2.53. The zero-order valence-electron chi connectivity index (χ0n) is 13.5. The van der Waals surface area contributed by atoms with E-state index in [2.05, 4.69) is 0 Å². The predicted molar refractivity (Wildman–Crippen MR) is 87.7 cm³/mol. The van der Waals surface area contributed by atoms with Gasteiger partial charge in [0.05, 0.1) is 5.56 Å². The van der Waals surface area contributed by atoms with Gasteiger partial charge in [0.15, 0.2) is 12.4 Å². The van der Waals surface area contributed by atoms with Crippen LogP contribution in [0.1, 0.15) is 31.1 Å². The summed E-state index contributed by atoms with van der Waals surface area (Å²) in [7, 11) is 0. The highest BCUT2D eigenvalue weighted by Crippen LogP contribution is 2.21. The second-order valence-corrected chi connectivity index (χ2v) is 6.19. The van der Waals surface area contributed by atoms with E-state index < -0.39 is 11.4 Å². The molecule has 0 aliphatic carbocycles. The van der Waals surface area contributed by atoms with Crippen LogP contribution >= 0.6 is 0 Å². The lowest BCUT2D eigenvalue weighted by molar-refractivity contribution is -0.129. The van der Waals surface area contributed by atoms with Crippen molar-refractivity contribution in [2.24, 2.45) is 5.41 Å². The fourth-order valence-corrected chi connectivity index (χ4v) is 1.71. The van der Waals surface area contributed by atoms with Crippen LogP contribution in [0.15, 0.2) is 54.6 Å². The maximum absolute atomic E-state index is 11.9. The van der Waals surface area contributed by atoms with Gasteiger partial charge in [0.2, 0.25) is 0 Å². The van der Waals surface area contributed by atoms with E-state index in [4.69, 9.17) is 9.47 Å². The van der Waals surface area contributed by atoms with Gasteiger partial charge in [-0.25, -0.2) is 4.79 Å². The third-order valence-corrected chi connectivity index (χ3v) is 3.24. The Kier molecular flexibility index (Phi) is 5.16. The van der Waals surface area contributed by atoms with Crippen molar-refractivity contribution < 1.29 is 19.1 Å². The van der Waals surface area contributed by atoms with Crippen molar-refractivity contribution in [2.75, 3.05) is 6.61 Å². The maximum Gasteiger partial charge on any atom is 0.338 e. The summed E-state index contributed by atoms with van der Waals surface area (Å²) in [5.41, 5.74) is -0.139. The summed E-state index contributed by atoms with van der Waals surface area (Å²) >= 11 is 0. The summed E-state index contributed by atoms with van der Waals surface area (Å²) in [5, 5.41) is 0. The largest absolute Gasteiger partial charge is 0.457 e. The quantitative estimate of drug-likeness (QED) is 0.774. The fraction of sp³-hybridized carbons (Fsp3) is 0.263. The molecule has 0 aromatic heterocycles. The van der Waals surface area contributed by atoms with Crippen LogP contribution < -0.4 is 4.74 Å². The Bertz CT molecular complexity index is 667. The van der Waals surface area contributed by atoms with Crippen molar-refractivity contribution >= 4 is 11.8 Å². The summed E-state index contributed by atoms with van der Waals surface area (Å²) < 4.78 is 10.7. The van der Waals surface area contributed by atoms with Gasteiger partial charge in [0.1, 0.15) is 11.5 Å². The molecule has 0 heterocycles. The van der Waals surface area contributed by atoms with Crippen LogP contribution in [0.3, 0.4) is 0 Å².